The van der Waals surface area contributed by atoms with Crippen LogP contribution < -0.4 is 10.6 Å². The van der Waals surface area contributed by atoms with Crippen molar-refractivity contribution < 1.29 is 27.9 Å². The summed E-state index contributed by atoms with van der Waals surface area (Å²) in [5.74, 6) is -0.840. The summed E-state index contributed by atoms with van der Waals surface area (Å²) in [6, 6.07) is 14.6. The molecular formula is C28H21Cl2F3N4O3. The van der Waals surface area contributed by atoms with Crippen LogP contribution in [0, 0.1) is 0 Å². The summed E-state index contributed by atoms with van der Waals surface area (Å²) >= 11 is 12.0. The number of aromatic nitrogens is 2. The highest BCUT2D eigenvalue weighted by atomic mass is 35.5. The van der Waals surface area contributed by atoms with E-state index in [1.165, 1.54) is 28.9 Å². The van der Waals surface area contributed by atoms with Crippen molar-refractivity contribution in [1.29, 1.82) is 0 Å². The molecule has 12 heteroatoms. The van der Waals surface area contributed by atoms with E-state index >= 15 is 0 Å². The highest BCUT2D eigenvalue weighted by Gasteiger charge is 2.32. The molecule has 1 saturated carbocycles. The minimum Gasteiger partial charge on any atom is -0.507 e. The van der Waals surface area contributed by atoms with Crippen molar-refractivity contribution in [2.45, 2.75) is 31.5 Å². The number of anilines is 1. The highest BCUT2D eigenvalue weighted by molar-refractivity contribution is 6.42. The van der Waals surface area contributed by atoms with E-state index in [9.17, 15) is 27.9 Å². The molecule has 0 radical (unpaired) electrons. The summed E-state index contributed by atoms with van der Waals surface area (Å²) in [4.78, 5) is 25.5. The van der Waals surface area contributed by atoms with Crippen LogP contribution in [0.2, 0.25) is 10.0 Å². The normalized spacial score (nSPS) is 13.2. The second-order valence-electron chi connectivity index (χ2n) is 9.31. The maximum atomic E-state index is 13.0. The number of aromatic hydroxyl groups is 1. The monoisotopic (exact) mass is 588 g/mol. The molecular weight excluding hydrogens is 568 g/mol. The third kappa shape index (κ3) is 6.08. The standard InChI is InChI=1S/C28H21Cl2F3N4O3/c29-21-9-4-15(10-22(21)30)14-34-27(40)37-24(16-5-6-16)13-23(36-37)20-8-7-19(12-25(20)38)35-26(39)17-2-1-3-18(11-17)28(31,32)33/h1-4,7-13,16,38H,5-6,14H2,(H,34,40)(H,35,39). The Bertz CT molecular complexity index is 1620. The average molecular weight is 589 g/mol. The van der Waals surface area contributed by atoms with Gasteiger partial charge in [-0.2, -0.15) is 23.0 Å². The van der Waals surface area contributed by atoms with Crippen LogP contribution in [0.5, 0.6) is 5.75 Å². The number of phenolic OH excluding ortho intramolecular Hbond substituents is 1. The van der Waals surface area contributed by atoms with Crippen LogP contribution in [0.1, 0.15) is 45.9 Å². The molecule has 7 nitrogen and oxygen atoms in total. The first-order chi connectivity index (χ1) is 19.0. The van der Waals surface area contributed by atoms with E-state index in [-0.39, 0.29) is 29.5 Å². The van der Waals surface area contributed by atoms with Gasteiger partial charge in [-0.05, 0) is 66.9 Å². The van der Waals surface area contributed by atoms with Gasteiger partial charge in [-0.3, -0.25) is 4.79 Å². The van der Waals surface area contributed by atoms with Crippen molar-refractivity contribution in [3.63, 3.8) is 0 Å². The zero-order valence-electron chi connectivity index (χ0n) is 20.6. The Morgan fingerprint density at radius 2 is 1.77 bits per heavy atom. The second-order valence-corrected chi connectivity index (χ2v) is 10.1. The zero-order valence-corrected chi connectivity index (χ0v) is 22.1. The quantitative estimate of drug-likeness (QED) is 0.218. The number of rotatable bonds is 6. The fourth-order valence-electron chi connectivity index (χ4n) is 4.13. The summed E-state index contributed by atoms with van der Waals surface area (Å²) in [5, 5.41) is 21.2. The summed E-state index contributed by atoms with van der Waals surface area (Å²) in [6.45, 7) is 0.195. The minimum atomic E-state index is -4.58. The Kier molecular flexibility index (Phi) is 7.48. The number of halogens is 5. The molecule has 0 bridgehead atoms. The van der Waals surface area contributed by atoms with Gasteiger partial charge in [0.05, 0.1) is 27.0 Å². The number of benzene rings is 3. The first-order valence-electron chi connectivity index (χ1n) is 12.1. The summed E-state index contributed by atoms with van der Waals surface area (Å²) in [5.41, 5.74) is 1.16. The topological polar surface area (TPSA) is 96.3 Å². The zero-order chi connectivity index (χ0) is 28.6. The molecule has 1 aliphatic rings. The molecule has 206 valence electrons. The lowest BCUT2D eigenvalue weighted by Gasteiger charge is -2.10. The molecule has 1 aromatic heterocycles. The number of phenols is 1. The Balaban J connectivity index is 1.33. The van der Waals surface area contributed by atoms with Gasteiger partial charge in [-0.15, -0.1) is 0 Å². The maximum absolute atomic E-state index is 13.0. The van der Waals surface area contributed by atoms with Crippen LogP contribution in [0.4, 0.5) is 23.7 Å². The first kappa shape index (κ1) is 27.5. The molecule has 40 heavy (non-hydrogen) atoms. The summed E-state index contributed by atoms with van der Waals surface area (Å²) in [6.07, 6.45) is -2.78. The molecule has 0 atom stereocenters. The number of hydrogen-bond acceptors (Lipinski definition) is 4. The molecule has 0 aliphatic heterocycles. The molecule has 0 saturated heterocycles. The first-order valence-corrected chi connectivity index (χ1v) is 12.9. The smallest absolute Gasteiger partial charge is 0.416 e. The largest absolute Gasteiger partial charge is 0.507 e. The molecule has 0 unspecified atom stereocenters. The number of hydrogen-bond donors (Lipinski definition) is 3. The lowest BCUT2D eigenvalue weighted by Crippen LogP contribution is -2.30. The van der Waals surface area contributed by atoms with Crippen molar-refractivity contribution in [3.8, 4) is 17.0 Å². The Hall–Kier alpha value is -4.02. The van der Waals surface area contributed by atoms with Gasteiger partial charge in [-0.25, -0.2) is 4.79 Å². The molecule has 2 amide bonds. The molecule has 1 heterocycles. The van der Waals surface area contributed by atoms with Crippen molar-refractivity contribution in [2.75, 3.05) is 5.32 Å². The number of amides is 2. The van der Waals surface area contributed by atoms with Gasteiger partial charge in [-0.1, -0.05) is 35.3 Å². The molecule has 0 spiro atoms. The molecule has 3 aromatic carbocycles. The van der Waals surface area contributed by atoms with Crippen molar-refractivity contribution in [2.24, 2.45) is 0 Å². The predicted octanol–water partition coefficient (Wildman–Crippen LogP) is 7.47. The fraction of sp³-hybridized carbons (Fsp3) is 0.179. The Morgan fingerprint density at radius 3 is 2.45 bits per heavy atom. The van der Waals surface area contributed by atoms with Gasteiger partial charge in [0.2, 0.25) is 0 Å². The summed E-state index contributed by atoms with van der Waals surface area (Å²) in [7, 11) is 0. The van der Waals surface area contributed by atoms with Crippen LogP contribution in [0.15, 0.2) is 66.7 Å². The van der Waals surface area contributed by atoms with E-state index in [0.717, 1.165) is 36.6 Å². The van der Waals surface area contributed by atoms with E-state index in [4.69, 9.17) is 23.2 Å². The second kappa shape index (κ2) is 10.9. The van der Waals surface area contributed by atoms with Crippen LogP contribution in [0.3, 0.4) is 0 Å². The van der Waals surface area contributed by atoms with E-state index < -0.39 is 23.7 Å². The number of carbonyl (C=O) groups excluding carboxylic acids is 2. The third-order valence-corrected chi connectivity index (χ3v) is 7.08. The lowest BCUT2D eigenvalue weighted by atomic mass is 10.1. The summed E-state index contributed by atoms with van der Waals surface area (Å²) < 4.78 is 40.2. The predicted molar refractivity (Wildman–Crippen MR) is 145 cm³/mol. The highest BCUT2D eigenvalue weighted by Crippen LogP contribution is 2.42. The average Bonchev–Trinajstić information content (AvgIpc) is 3.67. The molecule has 3 N–H and O–H groups in total. The van der Waals surface area contributed by atoms with E-state index in [1.807, 2.05) is 0 Å². The van der Waals surface area contributed by atoms with E-state index in [2.05, 4.69) is 15.7 Å². The van der Waals surface area contributed by atoms with Crippen LogP contribution in [-0.2, 0) is 12.7 Å². The molecule has 1 fully saturated rings. The Morgan fingerprint density at radius 1 is 1.00 bits per heavy atom. The van der Waals surface area contributed by atoms with Crippen molar-refractivity contribution >= 4 is 40.8 Å². The fourth-order valence-corrected chi connectivity index (χ4v) is 4.45. The third-order valence-electron chi connectivity index (χ3n) is 6.34. The number of alkyl halides is 3. The number of carbonyl (C=O) groups is 2. The molecule has 5 rings (SSSR count). The van der Waals surface area contributed by atoms with Crippen molar-refractivity contribution in [1.82, 2.24) is 15.1 Å². The minimum absolute atomic E-state index is 0.158. The van der Waals surface area contributed by atoms with E-state index in [0.29, 0.717) is 27.0 Å². The SMILES string of the molecule is O=C(Nc1ccc(-c2cc(C3CC3)n(C(=O)NCc3ccc(Cl)c(Cl)c3)n2)c(O)c1)c1cccc(C(F)(F)F)c1. The van der Waals surface area contributed by atoms with Gasteiger partial charge in [0, 0.05) is 35.3 Å². The van der Waals surface area contributed by atoms with Gasteiger partial charge in [0.1, 0.15) is 5.75 Å². The molecule has 1 aliphatic carbocycles. The molecule has 4 aromatic rings. The maximum Gasteiger partial charge on any atom is 0.416 e. The van der Waals surface area contributed by atoms with Crippen molar-refractivity contribution in [3.05, 3.63) is 99.2 Å². The van der Waals surface area contributed by atoms with Gasteiger partial charge < -0.3 is 15.7 Å². The van der Waals surface area contributed by atoms with Crippen LogP contribution in [0.25, 0.3) is 11.3 Å². The van der Waals surface area contributed by atoms with Crippen LogP contribution >= 0.6 is 23.2 Å². The Labute approximate surface area is 236 Å². The van der Waals surface area contributed by atoms with E-state index in [1.54, 1.807) is 24.3 Å². The van der Waals surface area contributed by atoms with Gasteiger partial charge in [0.15, 0.2) is 0 Å². The number of nitrogens with one attached hydrogen (secondary N) is 2. The van der Waals surface area contributed by atoms with Crippen LogP contribution in [-0.4, -0.2) is 26.8 Å². The number of nitrogens with zero attached hydrogens (tertiary/aromatic N) is 2. The van der Waals surface area contributed by atoms with Gasteiger partial charge in [0.25, 0.3) is 5.91 Å². The lowest BCUT2D eigenvalue weighted by molar-refractivity contribution is -0.137. The van der Waals surface area contributed by atoms with Gasteiger partial charge >= 0.3 is 12.2 Å².